The number of amides is 1. The van der Waals surface area contributed by atoms with Gasteiger partial charge in [0.1, 0.15) is 6.04 Å². The molecule has 0 saturated heterocycles. The Kier molecular flexibility index (Phi) is 5.82. The van der Waals surface area contributed by atoms with Crippen LogP contribution < -0.4 is 5.32 Å². The van der Waals surface area contributed by atoms with E-state index in [-0.39, 0.29) is 5.92 Å². The van der Waals surface area contributed by atoms with Crippen molar-refractivity contribution in [3.8, 4) is 0 Å². The highest BCUT2D eigenvalue weighted by Gasteiger charge is 2.21. The summed E-state index contributed by atoms with van der Waals surface area (Å²) in [5, 5.41) is 12.0. The molecule has 0 unspecified atom stereocenters. The van der Waals surface area contributed by atoms with Gasteiger partial charge in [-0.15, -0.1) is 0 Å². The summed E-state index contributed by atoms with van der Waals surface area (Å²) in [4.78, 5) is 23.0. The quantitative estimate of drug-likeness (QED) is 0.857. The summed E-state index contributed by atoms with van der Waals surface area (Å²) in [6.45, 7) is 3.80. The fourth-order valence-electron chi connectivity index (χ4n) is 1.57. The van der Waals surface area contributed by atoms with E-state index >= 15 is 0 Å². The van der Waals surface area contributed by atoms with Crippen LogP contribution in [0.3, 0.4) is 0 Å². The van der Waals surface area contributed by atoms with E-state index in [0.717, 1.165) is 0 Å². The first-order valence-electron chi connectivity index (χ1n) is 5.80. The van der Waals surface area contributed by atoms with Crippen molar-refractivity contribution in [2.24, 2.45) is 5.92 Å². The predicted molar refractivity (Wildman–Crippen MR) is 77.5 cm³/mol. The zero-order valence-electron chi connectivity index (χ0n) is 10.6. The van der Waals surface area contributed by atoms with Gasteiger partial charge in [-0.25, -0.2) is 4.79 Å². The molecule has 0 radical (unpaired) electrons. The summed E-state index contributed by atoms with van der Waals surface area (Å²) in [7, 11) is 0. The molecule has 0 bridgehead atoms. The van der Waals surface area contributed by atoms with Gasteiger partial charge in [0.2, 0.25) is 0 Å². The van der Waals surface area contributed by atoms with E-state index in [4.69, 9.17) is 16.7 Å². The summed E-state index contributed by atoms with van der Waals surface area (Å²) < 4.78 is 0.683. The van der Waals surface area contributed by atoms with Gasteiger partial charge in [0, 0.05) is 10.0 Å². The standard InChI is InChI=1S/C13H15BrClNO3/c1-7(2)5-11(13(18)19)16-12(17)8-3-4-9(14)10(15)6-8/h3-4,6-7,11H,5H2,1-2H3,(H,16,17)(H,18,19)/t11-/m1/s1. The Morgan fingerprint density at radius 2 is 2.05 bits per heavy atom. The molecule has 1 aromatic rings. The molecular formula is C13H15BrClNO3. The second-order valence-electron chi connectivity index (χ2n) is 4.62. The maximum Gasteiger partial charge on any atom is 0.326 e. The number of carbonyl (C=O) groups is 2. The van der Waals surface area contributed by atoms with Crippen molar-refractivity contribution in [3.63, 3.8) is 0 Å². The summed E-state index contributed by atoms with van der Waals surface area (Å²) in [5.41, 5.74) is 0.336. The lowest BCUT2D eigenvalue weighted by molar-refractivity contribution is -0.139. The van der Waals surface area contributed by atoms with E-state index < -0.39 is 17.9 Å². The Balaban J connectivity index is 2.81. The van der Waals surface area contributed by atoms with E-state index in [0.29, 0.717) is 21.5 Å². The Morgan fingerprint density at radius 1 is 1.42 bits per heavy atom. The minimum absolute atomic E-state index is 0.176. The molecule has 0 fully saturated rings. The van der Waals surface area contributed by atoms with Crippen LogP contribution in [0.2, 0.25) is 5.02 Å². The molecule has 104 valence electrons. The van der Waals surface area contributed by atoms with Crippen LogP contribution in [0, 0.1) is 5.92 Å². The Morgan fingerprint density at radius 3 is 2.53 bits per heavy atom. The van der Waals surface area contributed by atoms with Crippen molar-refractivity contribution in [2.75, 3.05) is 0 Å². The lowest BCUT2D eigenvalue weighted by Gasteiger charge is -2.16. The lowest BCUT2D eigenvalue weighted by Crippen LogP contribution is -2.41. The van der Waals surface area contributed by atoms with E-state index in [1.807, 2.05) is 13.8 Å². The van der Waals surface area contributed by atoms with Crippen LogP contribution in [-0.2, 0) is 4.79 Å². The number of aliphatic carboxylic acids is 1. The zero-order valence-corrected chi connectivity index (χ0v) is 13.0. The fraction of sp³-hybridized carbons (Fsp3) is 0.385. The third-order valence-electron chi connectivity index (χ3n) is 2.49. The van der Waals surface area contributed by atoms with Crippen LogP contribution in [0.15, 0.2) is 22.7 Å². The first kappa shape index (κ1) is 16.0. The highest BCUT2D eigenvalue weighted by atomic mass is 79.9. The molecule has 0 aliphatic rings. The van der Waals surface area contributed by atoms with E-state index in [9.17, 15) is 9.59 Å². The number of carboxylic acids is 1. The minimum Gasteiger partial charge on any atom is -0.480 e. The highest BCUT2D eigenvalue weighted by molar-refractivity contribution is 9.10. The average molecular weight is 349 g/mol. The maximum atomic E-state index is 12.0. The van der Waals surface area contributed by atoms with E-state index in [1.54, 1.807) is 12.1 Å². The van der Waals surface area contributed by atoms with Crippen molar-refractivity contribution >= 4 is 39.4 Å². The van der Waals surface area contributed by atoms with Crippen molar-refractivity contribution in [2.45, 2.75) is 26.3 Å². The molecule has 2 N–H and O–H groups in total. The normalized spacial score (nSPS) is 12.3. The van der Waals surface area contributed by atoms with Gasteiger partial charge in [-0.1, -0.05) is 25.4 Å². The Bertz CT molecular complexity index is 491. The predicted octanol–water partition coefficient (Wildman–Crippen LogP) is 3.33. The molecule has 1 aromatic carbocycles. The smallest absolute Gasteiger partial charge is 0.326 e. The van der Waals surface area contributed by atoms with Crippen molar-refractivity contribution < 1.29 is 14.7 Å². The van der Waals surface area contributed by atoms with Crippen LogP contribution in [0.4, 0.5) is 0 Å². The molecule has 0 heterocycles. The van der Waals surface area contributed by atoms with Crippen LogP contribution in [0.25, 0.3) is 0 Å². The topological polar surface area (TPSA) is 66.4 Å². The van der Waals surface area contributed by atoms with E-state index in [1.165, 1.54) is 6.07 Å². The first-order valence-corrected chi connectivity index (χ1v) is 6.97. The molecule has 19 heavy (non-hydrogen) atoms. The molecule has 0 aromatic heterocycles. The molecule has 4 nitrogen and oxygen atoms in total. The van der Waals surface area contributed by atoms with Crippen molar-refractivity contribution in [1.29, 1.82) is 0 Å². The van der Waals surface area contributed by atoms with E-state index in [2.05, 4.69) is 21.2 Å². The maximum absolute atomic E-state index is 12.0. The number of halogens is 2. The summed E-state index contributed by atoms with van der Waals surface area (Å²) in [6, 6.07) is 3.83. The second-order valence-corrected chi connectivity index (χ2v) is 5.88. The first-order chi connectivity index (χ1) is 8.81. The van der Waals surface area contributed by atoms with Crippen LogP contribution in [0.1, 0.15) is 30.6 Å². The number of hydrogen-bond donors (Lipinski definition) is 2. The van der Waals surface area contributed by atoms with Gasteiger partial charge in [0.05, 0.1) is 5.02 Å². The molecule has 0 spiro atoms. The number of benzene rings is 1. The molecule has 0 saturated carbocycles. The Hall–Kier alpha value is -1.07. The molecule has 6 heteroatoms. The number of carbonyl (C=O) groups excluding carboxylic acids is 1. The number of carboxylic acid groups (broad SMARTS) is 1. The lowest BCUT2D eigenvalue weighted by atomic mass is 10.0. The zero-order chi connectivity index (χ0) is 14.6. The van der Waals surface area contributed by atoms with Gasteiger partial charge in [-0.05, 0) is 46.5 Å². The van der Waals surface area contributed by atoms with Crippen LogP contribution in [0.5, 0.6) is 0 Å². The molecular weight excluding hydrogens is 334 g/mol. The Labute approximate surface area is 125 Å². The SMILES string of the molecule is CC(C)C[C@@H](NC(=O)c1ccc(Br)c(Cl)c1)C(=O)O. The molecule has 1 atom stereocenters. The van der Waals surface area contributed by atoms with Gasteiger partial charge in [-0.2, -0.15) is 0 Å². The van der Waals surface area contributed by atoms with Gasteiger partial charge in [0.25, 0.3) is 5.91 Å². The second kappa shape index (κ2) is 6.91. The molecule has 1 rings (SSSR count). The van der Waals surface area contributed by atoms with Crippen LogP contribution >= 0.6 is 27.5 Å². The molecule has 0 aliphatic heterocycles. The molecule has 1 amide bonds. The number of hydrogen-bond acceptors (Lipinski definition) is 2. The van der Waals surface area contributed by atoms with Crippen molar-refractivity contribution in [1.82, 2.24) is 5.32 Å². The highest BCUT2D eigenvalue weighted by Crippen LogP contribution is 2.23. The third-order valence-corrected chi connectivity index (χ3v) is 3.72. The van der Waals surface area contributed by atoms with Crippen LogP contribution in [-0.4, -0.2) is 23.0 Å². The largest absolute Gasteiger partial charge is 0.480 e. The summed E-state index contributed by atoms with van der Waals surface area (Å²) in [5.74, 6) is -1.30. The number of rotatable bonds is 5. The van der Waals surface area contributed by atoms with Gasteiger partial charge >= 0.3 is 5.97 Å². The fourth-order valence-corrected chi connectivity index (χ4v) is 2.00. The van der Waals surface area contributed by atoms with Gasteiger partial charge < -0.3 is 10.4 Å². The monoisotopic (exact) mass is 347 g/mol. The van der Waals surface area contributed by atoms with Gasteiger partial charge in [0.15, 0.2) is 0 Å². The average Bonchev–Trinajstić information content (AvgIpc) is 2.31. The molecule has 0 aliphatic carbocycles. The summed E-state index contributed by atoms with van der Waals surface area (Å²) >= 11 is 9.13. The third kappa shape index (κ3) is 4.84. The number of nitrogens with one attached hydrogen (secondary N) is 1. The minimum atomic E-state index is -1.04. The summed E-state index contributed by atoms with van der Waals surface area (Å²) in [6.07, 6.45) is 0.380. The van der Waals surface area contributed by atoms with Gasteiger partial charge in [-0.3, -0.25) is 4.79 Å². The van der Waals surface area contributed by atoms with Crippen molar-refractivity contribution in [3.05, 3.63) is 33.3 Å².